The molecule has 2 aromatic rings. The Kier molecular flexibility index (Phi) is 6.08. The fourth-order valence-electron chi connectivity index (χ4n) is 3.56. The number of carboxylic acid groups (broad SMARTS) is 1. The van der Waals surface area contributed by atoms with Gasteiger partial charge in [-0.05, 0) is 29.8 Å². The molecule has 0 spiro atoms. The molecule has 1 aliphatic heterocycles. The molecule has 0 saturated carbocycles. The van der Waals surface area contributed by atoms with E-state index in [1.54, 1.807) is 0 Å². The van der Waals surface area contributed by atoms with E-state index in [2.05, 4.69) is 27.2 Å². The fourth-order valence-corrected chi connectivity index (χ4v) is 3.56. The number of piperazine rings is 1. The Balaban J connectivity index is 1.71. The summed E-state index contributed by atoms with van der Waals surface area (Å²) in [7, 11) is 0. The third-order valence-corrected chi connectivity index (χ3v) is 4.75. The first-order valence-electron chi connectivity index (χ1n) is 9.13. The number of nitrogens with one attached hydrogen (secondary N) is 1. The third kappa shape index (κ3) is 5.31. The quantitative estimate of drug-likeness (QED) is 0.821. The first kappa shape index (κ1) is 18.9. The number of carboxylic acids is 1. The van der Waals surface area contributed by atoms with Gasteiger partial charge in [0.05, 0.1) is 12.5 Å². The number of aliphatic carboxylic acids is 1. The predicted molar refractivity (Wildman–Crippen MR) is 106 cm³/mol. The van der Waals surface area contributed by atoms with Crippen molar-refractivity contribution in [1.29, 1.82) is 0 Å². The molecule has 0 aromatic heterocycles. The van der Waals surface area contributed by atoms with Gasteiger partial charge in [-0.25, -0.2) is 0 Å². The second-order valence-corrected chi connectivity index (χ2v) is 6.89. The summed E-state index contributed by atoms with van der Waals surface area (Å²) in [6, 6.07) is 17.7. The van der Waals surface area contributed by atoms with Crippen LogP contribution in [-0.4, -0.2) is 47.6 Å². The van der Waals surface area contributed by atoms with Gasteiger partial charge in [-0.1, -0.05) is 30.3 Å². The molecule has 2 N–H and O–H groups in total. The van der Waals surface area contributed by atoms with Crippen LogP contribution in [0, 0.1) is 0 Å². The van der Waals surface area contributed by atoms with Gasteiger partial charge >= 0.3 is 5.97 Å². The van der Waals surface area contributed by atoms with Gasteiger partial charge in [-0.15, -0.1) is 0 Å². The smallest absolute Gasteiger partial charge is 0.305 e. The van der Waals surface area contributed by atoms with Crippen LogP contribution in [0.2, 0.25) is 0 Å². The molecule has 27 heavy (non-hydrogen) atoms. The molecule has 1 fully saturated rings. The molecule has 1 amide bonds. The van der Waals surface area contributed by atoms with Crippen molar-refractivity contribution >= 4 is 23.3 Å². The van der Waals surface area contributed by atoms with Gasteiger partial charge in [0, 0.05) is 44.5 Å². The summed E-state index contributed by atoms with van der Waals surface area (Å²) < 4.78 is 0. The molecule has 1 unspecified atom stereocenters. The Morgan fingerprint density at radius 2 is 1.78 bits per heavy atom. The average Bonchev–Trinajstić information content (AvgIpc) is 2.63. The minimum atomic E-state index is -0.790. The van der Waals surface area contributed by atoms with Gasteiger partial charge in [0.2, 0.25) is 5.91 Å². The number of anilines is 2. The van der Waals surface area contributed by atoms with Crippen molar-refractivity contribution in [2.75, 3.05) is 29.9 Å². The van der Waals surface area contributed by atoms with Crippen LogP contribution >= 0.6 is 0 Å². The lowest BCUT2D eigenvalue weighted by atomic mass is 10.1. The maximum atomic E-state index is 11.4. The number of hydrogen-bond donors (Lipinski definition) is 2. The number of hydrogen-bond acceptors (Lipinski definition) is 4. The van der Waals surface area contributed by atoms with Crippen molar-refractivity contribution in [2.45, 2.75) is 25.9 Å². The van der Waals surface area contributed by atoms with Crippen LogP contribution in [0.3, 0.4) is 0 Å². The minimum Gasteiger partial charge on any atom is -0.481 e. The van der Waals surface area contributed by atoms with Crippen LogP contribution in [0.1, 0.15) is 18.9 Å². The summed E-state index contributed by atoms with van der Waals surface area (Å²) in [5, 5.41) is 12.1. The van der Waals surface area contributed by atoms with E-state index in [9.17, 15) is 14.7 Å². The van der Waals surface area contributed by atoms with Crippen LogP contribution in [0.5, 0.6) is 0 Å². The Labute approximate surface area is 159 Å². The summed E-state index contributed by atoms with van der Waals surface area (Å²) in [6.45, 7) is 4.65. The largest absolute Gasteiger partial charge is 0.481 e. The van der Waals surface area contributed by atoms with Gasteiger partial charge in [0.1, 0.15) is 0 Å². The third-order valence-electron chi connectivity index (χ3n) is 4.75. The highest BCUT2D eigenvalue weighted by atomic mass is 16.4. The standard InChI is InChI=1S/C21H25N3O3/c1-16(25)22-18-7-9-19(10-8-18)24-12-11-23(15-20(24)13-21(26)27)14-17-5-3-2-4-6-17/h2-10,20H,11-15H2,1H3,(H,22,25)(H,26,27). The summed E-state index contributed by atoms with van der Waals surface area (Å²) in [6.07, 6.45) is 0.0960. The molecule has 1 atom stereocenters. The first-order chi connectivity index (χ1) is 13.0. The van der Waals surface area contributed by atoms with E-state index in [4.69, 9.17) is 0 Å². The summed E-state index contributed by atoms with van der Waals surface area (Å²) in [4.78, 5) is 27.0. The molecular formula is C21H25N3O3. The zero-order valence-corrected chi connectivity index (χ0v) is 15.5. The molecule has 1 heterocycles. The molecule has 1 aliphatic rings. The van der Waals surface area contributed by atoms with E-state index in [0.29, 0.717) is 6.54 Å². The molecule has 142 valence electrons. The fraction of sp³-hybridized carbons (Fsp3) is 0.333. The van der Waals surface area contributed by atoms with E-state index in [0.717, 1.165) is 31.0 Å². The molecule has 6 heteroatoms. The lowest BCUT2D eigenvalue weighted by molar-refractivity contribution is -0.137. The highest BCUT2D eigenvalue weighted by Gasteiger charge is 2.29. The number of amides is 1. The number of benzene rings is 2. The second kappa shape index (κ2) is 8.68. The highest BCUT2D eigenvalue weighted by molar-refractivity contribution is 5.88. The average molecular weight is 367 g/mol. The normalized spacial score (nSPS) is 17.5. The maximum Gasteiger partial charge on any atom is 0.305 e. The van der Waals surface area contributed by atoms with Crippen molar-refractivity contribution in [3.8, 4) is 0 Å². The van der Waals surface area contributed by atoms with Crippen LogP contribution in [0.4, 0.5) is 11.4 Å². The molecule has 0 radical (unpaired) electrons. The minimum absolute atomic E-state index is 0.0911. The SMILES string of the molecule is CC(=O)Nc1ccc(N2CCN(Cc3ccccc3)CC2CC(=O)O)cc1. The van der Waals surface area contributed by atoms with Gasteiger partial charge < -0.3 is 15.3 Å². The molecule has 1 saturated heterocycles. The van der Waals surface area contributed by atoms with Crippen molar-refractivity contribution in [1.82, 2.24) is 4.90 Å². The molecule has 0 aliphatic carbocycles. The zero-order valence-electron chi connectivity index (χ0n) is 15.5. The van der Waals surface area contributed by atoms with E-state index >= 15 is 0 Å². The predicted octanol–water partition coefficient (Wildman–Crippen LogP) is 2.81. The lowest BCUT2D eigenvalue weighted by Crippen LogP contribution is -2.53. The summed E-state index contributed by atoms with van der Waals surface area (Å²) >= 11 is 0. The highest BCUT2D eigenvalue weighted by Crippen LogP contribution is 2.25. The van der Waals surface area contributed by atoms with E-state index in [-0.39, 0.29) is 18.4 Å². The number of nitrogens with zero attached hydrogens (tertiary/aromatic N) is 2. The lowest BCUT2D eigenvalue weighted by Gasteiger charge is -2.42. The van der Waals surface area contributed by atoms with E-state index in [1.807, 2.05) is 42.5 Å². The van der Waals surface area contributed by atoms with Crippen molar-refractivity contribution < 1.29 is 14.7 Å². The Morgan fingerprint density at radius 1 is 1.07 bits per heavy atom. The molecule has 6 nitrogen and oxygen atoms in total. The summed E-state index contributed by atoms with van der Waals surface area (Å²) in [5.74, 6) is -0.901. The molecule has 0 bridgehead atoms. The van der Waals surface area contributed by atoms with Crippen LogP contribution < -0.4 is 10.2 Å². The monoisotopic (exact) mass is 367 g/mol. The van der Waals surface area contributed by atoms with Gasteiger partial charge in [-0.2, -0.15) is 0 Å². The van der Waals surface area contributed by atoms with Crippen molar-refractivity contribution in [2.24, 2.45) is 0 Å². The van der Waals surface area contributed by atoms with E-state index < -0.39 is 5.97 Å². The van der Waals surface area contributed by atoms with Crippen LogP contribution in [0.25, 0.3) is 0 Å². The number of rotatable bonds is 6. The van der Waals surface area contributed by atoms with Crippen LogP contribution in [0.15, 0.2) is 54.6 Å². The first-order valence-corrected chi connectivity index (χ1v) is 9.13. The summed E-state index contributed by atoms with van der Waals surface area (Å²) in [5.41, 5.74) is 2.96. The maximum absolute atomic E-state index is 11.4. The zero-order chi connectivity index (χ0) is 19.2. The van der Waals surface area contributed by atoms with Gasteiger partial charge in [0.25, 0.3) is 0 Å². The Morgan fingerprint density at radius 3 is 2.41 bits per heavy atom. The number of carbonyl (C=O) groups excluding carboxylic acids is 1. The van der Waals surface area contributed by atoms with Crippen LogP contribution in [-0.2, 0) is 16.1 Å². The molecule has 3 rings (SSSR count). The Bertz CT molecular complexity index is 777. The topological polar surface area (TPSA) is 72.9 Å². The van der Waals surface area contributed by atoms with E-state index in [1.165, 1.54) is 12.5 Å². The van der Waals surface area contributed by atoms with Gasteiger partial charge in [-0.3, -0.25) is 14.5 Å². The van der Waals surface area contributed by atoms with Crippen molar-refractivity contribution in [3.05, 3.63) is 60.2 Å². The molecule has 2 aromatic carbocycles. The van der Waals surface area contributed by atoms with Gasteiger partial charge in [0.15, 0.2) is 0 Å². The van der Waals surface area contributed by atoms with Crippen molar-refractivity contribution in [3.63, 3.8) is 0 Å². The Hall–Kier alpha value is -2.86. The molecular weight excluding hydrogens is 342 g/mol. The number of carbonyl (C=O) groups is 2. The second-order valence-electron chi connectivity index (χ2n) is 6.89.